The number of amides is 1. The minimum Gasteiger partial charge on any atom is -0.476 e. The van der Waals surface area contributed by atoms with Gasteiger partial charge in [-0.1, -0.05) is 49.9 Å². The van der Waals surface area contributed by atoms with Gasteiger partial charge in [-0.05, 0) is 23.1 Å². The summed E-state index contributed by atoms with van der Waals surface area (Å²) >= 11 is 2.22. The number of aromatic nitrogens is 2. The maximum absolute atomic E-state index is 12.8. The Morgan fingerprint density at radius 2 is 2.06 bits per heavy atom. The number of ether oxygens (including phenoxy) is 2. The van der Waals surface area contributed by atoms with Crippen LogP contribution in [0.1, 0.15) is 26.3 Å². The van der Waals surface area contributed by atoms with Gasteiger partial charge in [0.2, 0.25) is 15.2 Å². The Bertz CT molecular complexity index is 1130. The molecule has 32 heavy (non-hydrogen) atoms. The molecule has 0 bridgehead atoms. The Balaban J connectivity index is 1.78. The zero-order chi connectivity index (χ0) is 23.7. The van der Waals surface area contributed by atoms with Crippen molar-refractivity contribution < 1.29 is 27.5 Å². The van der Waals surface area contributed by atoms with Crippen LogP contribution in [-0.4, -0.2) is 62.3 Å². The van der Waals surface area contributed by atoms with Crippen molar-refractivity contribution in [3.05, 3.63) is 23.8 Å². The summed E-state index contributed by atoms with van der Waals surface area (Å²) in [5.74, 6) is -0.576. The predicted molar refractivity (Wildman–Crippen MR) is 123 cm³/mol. The van der Waals surface area contributed by atoms with Gasteiger partial charge in [-0.3, -0.25) is 19.2 Å². The maximum Gasteiger partial charge on any atom is 0.316 e. The highest BCUT2D eigenvalue weighted by atomic mass is 32.2. The molecule has 174 valence electrons. The van der Waals surface area contributed by atoms with Crippen LogP contribution in [0.2, 0.25) is 0 Å². The van der Waals surface area contributed by atoms with Crippen LogP contribution in [-0.2, 0) is 29.8 Å². The summed E-state index contributed by atoms with van der Waals surface area (Å²) in [6.45, 7) is 5.91. The van der Waals surface area contributed by atoms with Crippen molar-refractivity contribution in [2.24, 2.45) is 0 Å². The highest BCUT2D eigenvalue weighted by Gasteiger charge is 2.36. The molecule has 1 aromatic heterocycles. The van der Waals surface area contributed by atoms with E-state index < -0.39 is 28.0 Å². The summed E-state index contributed by atoms with van der Waals surface area (Å²) in [6.07, 6.45) is 0.0175. The number of fused-ring (bicyclic) bond motifs is 1. The molecule has 0 aliphatic carbocycles. The average molecular weight is 501 g/mol. The first-order valence-electron chi connectivity index (χ1n) is 9.51. The highest BCUT2D eigenvalue weighted by Crippen LogP contribution is 2.38. The van der Waals surface area contributed by atoms with E-state index in [1.165, 1.54) is 11.4 Å². The van der Waals surface area contributed by atoms with Crippen molar-refractivity contribution in [3.63, 3.8) is 0 Å². The molecule has 0 saturated heterocycles. The maximum atomic E-state index is 12.8. The van der Waals surface area contributed by atoms with Crippen LogP contribution in [0, 0.1) is 0 Å². The molecule has 13 heteroatoms. The van der Waals surface area contributed by atoms with E-state index in [1.54, 1.807) is 12.1 Å². The Kier molecular flexibility index (Phi) is 7.00. The number of carbonyl (C=O) groups excluding carboxylic acids is 2. The molecule has 2 heterocycles. The van der Waals surface area contributed by atoms with Crippen molar-refractivity contribution in [1.82, 2.24) is 10.2 Å². The second-order valence-electron chi connectivity index (χ2n) is 8.06. The molecular formula is C19H24N4O6S3. The molecule has 0 spiro atoms. The van der Waals surface area contributed by atoms with Gasteiger partial charge >= 0.3 is 5.97 Å². The fraction of sp³-hybridized carbons (Fsp3) is 0.474. The fourth-order valence-electron chi connectivity index (χ4n) is 2.85. The van der Waals surface area contributed by atoms with Crippen molar-refractivity contribution in [1.29, 1.82) is 0 Å². The zero-order valence-electron chi connectivity index (χ0n) is 18.2. The zero-order valence-corrected chi connectivity index (χ0v) is 20.7. The normalized spacial score (nSPS) is 16.2. The molecule has 1 N–H and O–H groups in total. The Morgan fingerprint density at radius 1 is 1.34 bits per heavy atom. The third-order valence-electron chi connectivity index (χ3n) is 4.57. The summed E-state index contributed by atoms with van der Waals surface area (Å²) in [5.41, 5.74) is 1.16. The Morgan fingerprint density at radius 3 is 2.69 bits per heavy atom. The number of anilines is 2. The smallest absolute Gasteiger partial charge is 0.316 e. The molecule has 1 amide bonds. The molecule has 1 atom stereocenters. The second kappa shape index (κ2) is 9.24. The highest BCUT2D eigenvalue weighted by molar-refractivity contribution is 8.01. The SMILES string of the molecule is COC(=O)CSc1nnc(NC(=O)[C@@H]2CN(S(C)(=O)=O)c3cc(C(C)(C)C)ccc3O2)s1. The minimum absolute atomic E-state index is 0.0709. The lowest BCUT2D eigenvalue weighted by Crippen LogP contribution is -2.48. The van der Waals surface area contributed by atoms with Crippen LogP contribution in [0.4, 0.5) is 10.8 Å². The molecule has 0 unspecified atom stereocenters. The number of rotatable bonds is 6. The van der Waals surface area contributed by atoms with Crippen LogP contribution in [0.25, 0.3) is 0 Å². The van der Waals surface area contributed by atoms with Crippen molar-refractivity contribution >= 4 is 55.8 Å². The van der Waals surface area contributed by atoms with Gasteiger partial charge in [-0.25, -0.2) is 8.42 Å². The van der Waals surface area contributed by atoms with Crippen molar-refractivity contribution in [3.8, 4) is 5.75 Å². The molecule has 2 aromatic rings. The standard InChI is InChI=1S/C19H24N4O6S3/c1-19(2,3)11-6-7-13-12(8-11)23(32(5,26)27)9-14(29-13)16(25)20-17-21-22-18(31-17)30-10-15(24)28-4/h6-8,14H,9-10H2,1-5H3,(H,20,21,25)/t14-/m0/s1. The molecule has 1 aliphatic rings. The van der Waals surface area contributed by atoms with E-state index in [9.17, 15) is 18.0 Å². The number of thioether (sulfide) groups is 1. The van der Waals surface area contributed by atoms with E-state index in [-0.39, 0.29) is 22.8 Å². The third kappa shape index (κ3) is 5.70. The number of sulfonamides is 1. The van der Waals surface area contributed by atoms with Gasteiger partial charge in [-0.2, -0.15) is 0 Å². The first-order valence-corrected chi connectivity index (χ1v) is 13.2. The van der Waals surface area contributed by atoms with E-state index >= 15 is 0 Å². The number of hydrogen-bond donors (Lipinski definition) is 1. The summed E-state index contributed by atoms with van der Waals surface area (Å²) < 4.78 is 37.0. The fourth-order valence-corrected chi connectivity index (χ4v) is 5.35. The summed E-state index contributed by atoms with van der Waals surface area (Å²) in [7, 11) is -2.36. The monoisotopic (exact) mass is 500 g/mol. The number of methoxy groups -OCH3 is 1. The van der Waals surface area contributed by atoms with Crippen LogP contribution >= 0.6 is 23.1 Å². The van der Waals surface area contributed by atoms with Gasteiger partial charge in [0.25, 0.3) is 5.91 Å². The lowest BCUT2D eigenvalue weighted by Gasteiger charge is -2.35. The van der Waals surface area contributed by atoms with Gasteiger partial charge in [0.1, 0.15) is 5.75 Å². The van der Waals surface area contributed by atoms with Crippen LogP contribution in [0.3, 0.4) is 0 Å². The molecule has 1 aliphatic heterocycles. The van der Waals surface area contributed by atoms with Crippen LogP contribution in [0.5, 0.6) is 5.75 Å². The van der Waals surface area contributed by atoms with E-state index in [1.807, 2.05) is 26.8 Å². The molecule has 1 aromatic carbocycles. The first-order chi connectivity index (χ1) is 14.9. The number of benzene rings is 1. The van der Waals surface area contributed by atoms with Gasteiger partial charge in [-0.15, -0.1) is 10.2 Å². The molecule has 0 radical (unpaired) electrons. The minimum atomic E-state index is -3.65. The first kappa shape index (κ1) is 24.3. The van der Waals surface area contributed by atoms with E-state index in [2.05, 4.69) is 20.3 Å². The van der Waals surface area contributed by atoms with Crippen LogP contribution < -0.4 is 14.4 Å². The molecular weight excluding hydrogens is 476 g/mol. The molecule has 3 rings (SSSR count). The van der Waals surface area contributed by atoms with E-state index in [4.69, 9.17) is 4.74 Å². The van der Waals surface area contributed by atoms with Gasteiger partial charge in [0, 0.05) is 0 Å². The number of esters is 1. The summed E-state index contributed by atoms with van der Waals surface area (Å²) in [5, 5.41) is 10.6. The second-order valence-corrected chi connectivity index (χ2v) is 12.2. The topological polar surface area (TPSA) is 128 Å². The predicted octanol–water partition coefficient (Wildman–Crippen LogP) is 2.27. The summed E-state index contributed by atoms with van der Waals surface area (Å²) in [6, 6.07) is 5.31. The van der Waals surface area contributed by atoms with Gasteiger partial charge in [0.15, 0.2) is 10.4 Å². The number of nitrogens with zero attached hydrogens (tertiary/aromatic N) is 3. The third-order valence-corrected chi connectivity index (χ3v) is 7.66. The Labute approximate surface area is 194 Å². The molecule has 10 nitrogen and oxygen atoms in total. The van der Waals surface area contributed by atoms with Crippen LogP contribution in [0.15, 0.2) is 22.5 Å². The number of nitrogens with one attached hydrogen (secondary N) is 1. The Hall–Kier alpha value is -2.38. The van der Waals surface area contributed by atoms with Crippen molar-refractivity contribution in [2.75, 3.05) is 35.3 Å². The lowest BCUT2D eigenvalue weighted by molar-refractivity contribution is -0.137. The number of hydrogen-bond acceptors (Lipinski definition) is 10. The lowest BCUT2D eigenvalue weighted by atomic mass is 9.86. The summed E-state index contributed by atoms with van der Waals surface area (Å²) in [4.78, 5) is 24.0. The quantitative estimate of drug-likeness (QED) is 0.361. The molecule has 0 fully saturated rings. The van der Waals surface area contributed by atoms with Crippen molar-refractivity contribution in [2.45, 2.75) is 36.6 Å². The average Bonchev–Trinajstić information content (AvgIpc) is 3.16. The number of carbonyl (C=O) groups is 2. The van der Waals surface area contributed by atoms with E-state index in [0.717, 1.165) is 34.9 Å². The van der Waals surface area contributed by atoms with Gasteiger partial charge in [0.05, 0.1) is 31.4 Å². The van der Waals surface area contributed by atoms with Gasteiger partial charge < -0.3 is 9.47 Å². The van der Waals surface area contributed by atoms with E-state index in [0.29, 0.717) is 15.8 Å². The molecule has 0 saturated carbocycles. The largest absolute Gasteiger partial charge is 0.476 e.